The van der Waals surface area contributed by atoms with Gasteiger partial charge in [-0.2, -0.15) is 0 Å². The molecule has 0 radical (unpaired) electrons. The number of fused-ring (bicyclic) bond motifs is 1. The van der Waals surface area contributed by atoms with Gasteiger partial charge in [-0.3, -0.25) is 24.1 Å². The van der Waals surface area contributed by atoms with E-state index in [2.05, 4.69) is 19.2 Å². The molecule has 1 saturated carbocycles. The van der Waals surface area contributed by atoms with E-state index in [1.54, 1.807) is 24.3 Å². The number of amides is 3. The highest BCUT2D eigenvalue weighted by Crippen LogP contribution is 2.29. The molecule has 29 heavy (non-hydrogen) atoms. The van der Waals surface area contributed by atoms with E-state index in [-0.39, 0.29) is 18.4 Å². The van der Waals surface area contributed by atoms with Crippen LogP contribution in [0.3, 0.4) is 0 Å². The van der Waals surface area contributed by atoms with E-state index in [1.165, 1.54) is 6.92 Å². The van der Waals surface area contributed by atoms with Crippen LogP contribution in [-0.4, -0.2) is 47.3 Å². The van der Waals surface area contributed by atoms with Gasteiger partial charge in [0, 0.05) is 11.6 Å². The number of nitrogens with one attached hydrogen (secondary N) is 1. The zero-order valence-corrected chi connectivity index (χ0v) is 17.1. The van der Waals surface area contributed by atoms with Crippen molar-refractivity contribution in [1.82, 2.24) is 10.2 Å². The van der Waals surface area contributed by atoms with E-state index in [9.17, 15) is 19.2 Å². The quantitative estimate of drug-likeness (QED) is 0.603. The van der Waals surface area contributed by atoms with Gasteiger partial charge in [-0.1, -0.05) is 44.9 Å². The molecule has 3 amide bonds. The van der Waals surface area contributed by atoms with Crippen molar-refractivity contribution in [2.75, 3.05) is 6.54 Å². The number of esters is 1. The van der Waals surface area contributed by atoms with Crippen LogP contribution in [-0.2, 0) is 25.5 Å². The van der Waals surface area contributed by atoms with E-state index in [4.69, 9.17) is 4.74 Å². The molecule has 156 valence electrons. The van der Waals surface area contributed by atoms with Crippen LogP contribution in [0.2, 0.25) is 0 Å². The third-order valence-corrected chi connectivity index (χ3v) is 6.13. The Morgan fingerprint density at radius 2 is 1.93 bits per heavy atom. The molecule has 1 aliphatic heterocycles. The highest BCUT2D eigenvalue weighted by molar-refractivity contribution is 6.11. The molecule has 1 aliphatic carbocycles. The normalized spacial score (nSPS) is 25.2. The molecule has 7 nitrogen and oxygen atoms in total. The fraction of sp³-hybridized carbons (Fsp3) is 0.545. The summed E-state index contributed by atoms with van der Waals surface area (Å²) in [6.45, 7) is 5.30. The average Bonchev–Trinajstić information content (AvgIpc) is 2.68. The fourth-order valence-electron chi connectivity index (χ4n) is 4.06. The van der Waals surface area contributed by atoms with Crippen molar-refractivity contribution in [1.29, 1.82) is 0 Å². The summed E-state index contributed by atoms with van der Waals surface area (Å²) in [5.41, 5.74) is 1.06. The summed E-state index contributed by atoms with van der Waals surface area (Å²) >= 11 is 0. The molecule has 4 atom stereocenters. The lowest BCUT2D eigenvalue weighted by Gasteiger charge is -2.35. The number of carbonyl (C=O) groups is 4. The third-order valence-electron chi connectivity index (χ3n) is 6.13. The molecular weight excluding hydrogens is 372 g/mol. The van der Waals surface area contributed by atoms with Crippen LogP contribution in [0.4, 0.5) is 0 Å². The summed E-state index contributed by atoms with van der Waals surface area (Å²) in [4.78, 5) is 50.4. The van der Waals surface area contributed by atoms with Crippen molar-refractivity contribution in [2.45, 2.75) is 58.6 Å². The van der Waals surface area contributed by atoms with E-state index in [0.717, 1.165) is 24.2 Å². The van der Waals surface area contributed by atoms with Gasteiger partial charge in [0.05, 0.1) is 6.42 Å². The molecule has 1 heterocycles. The number of hydrogen-bond donors (Lipinski definition) is 1. The maximum atomic E-state index is 12.5. The van der Waals surface area contributed by atoms with Gasteiger partial charge in [-0.25, -0.2) is 0 Å². The monoisotopic (exact) mass is 400 g/mol. The zero-order valence-electron chi connectivity index (χ0n) is 17.1. The SMILES string of the molecule is C[C@H]1[C@@H](NC(=O)[C@@H](C)OC(=O)CN2C(=O)Cc3ccccc3C2=O)CCC[C@@H]1C. The maximum absolute atomic E-state index is 12.5. The van der Waals surface area contributed by atoms with E-state index < -0.39 is 30.4 Å². The van der Waals surface area contributed by atoms with Crippen LogP contribution in [0.1, 0.15) is 56.0 Å². The van der Waals surface area contributed by atoms with Crippen molar-refractivity contribution in [3.05, 3.63) is 35.4 Å². The van der Waals surface area contributed by atoms with Crippen molar-refractivity contribution < 1.29 is 23.9 Å². The average molecular weight is 400 g/mol. The number of nitrogens with zero attached hydrogens (tertiary/aromatic N) is 1. The lowest BCUT2D eigenvalue weighted by atomic mass is 9.78. The summed E-state index contributed by atoms with van der Waals surface area (Å²) in [6, 6.07) is 6.89. The van der Waals surface area contributed by atoms with Gasteiger partial charge in [-0.05, 0) is 36.8 Å². The minimum atomic E-state index is -0.991. The van der Waals surface area contributed by atoms with Gasteiger partial charge in [0.15, 0.2) is 6.10 Å². The molecule has 7 heteroatoms. The second kappa shape index (κ2) is 8.76. The smallest absolute Gasteiger partial charge is 0.326 e. The van der Waals surface area contributed by atoms with Gasteiger partial charge >= 0.3 is 5.97 Å². The first-order valence-electron chi connectivity index (χ1n) is 10.2. The highest BCUT2D eigenvalue weighted by Gasteiger charge is 2.34. The van der Waals surface area contributed by atoms with Gasteiger partial charge in [0.25, 0.3) is 11.8 Å². The molecule has 2 aliphatic rings. The van der Waals surface area contributed by atoms with E-state index in [0.29, 0.717) is 23.0 Å². The first-order chi connectivity index (χ1) is 13.8. The van der Waals surface area contributed by atoms with Crippen molar-refractivity contribution in [2.24, 2.45) is 11.8 Å². The Morgan fingerprint density at radius 3 is 2.69 bits per heavy atom. The predicted octanol–water partition coefficient (Wildman–Crippen LogP) is 2.08. The number of imide groups is 1. The molecule has 1 aromatic carbocycles. The van der Waals surface area contributed by atoms with Crippen LogP contribution in [0, 0.1) is 11.8 Å². The summed E-state index contributed by atoms with van der Waals surface area (Å²) in [5.74, 6) is -1.21. The summed E-state index contributed by atoms with van der Waals surface area (Å²) in [6.07, 6.45) is 2.19. The van der Waals surface area contributed by atoms with Crippen molar-refractivity contribution >= 4 is 23.7 Å². The lowest BCUT2D eigenvalue weighted by Crippen LogP contribution is -2.49. The lowest BCUT2D eigenvalue weighted by molar-refractivity contribution is -0.157. The van der Waals surface area contributed by atoms with Gasteiger partial charge in [0.2, 0.25) is 5.91 Å². The number of hydrogen-bond acceptors (Lipinski definition) is 5. The molecule has 0 bridgehead atoms. The van der Waals surface area contributed by atoms with Gasteiger partial charge in [0.1, 0.15) is 6.54 Å². The summed E-state index contributed by atoms with van der Waals surface area (Å²) < 4.78 is 5.21. The summed E-state index contributed by atoms with van der Waals surface area (Å²) in [7, 11) is 0. The number of rotatable bonds is 5. The molecule has 0 saturated heterocycles. The number of carbonyl (C=O) groups excluding carboxylic acids is 4. The van der Waals surface area contributed by atoms with Crippen molar-refractivity contribution in [3.63, 3.8) is 0 Å². The maximum Gasteiger partial charge on any atom is 0.326 e. The first-order valence-corrected chi connectivity index (χ1v) is 10.2. The zero-order chi connectivity index (χ0) is 21.1. The predicted molar refractivity (Wildman–Crippen MR) is 106 cm³/mol. The Kier molecular flexibility index (Phi) is 6.35. The molecule has 0 aromatic heterocycles. The first kappa shape index (κ1) is 21.0. The van der Waals surface area contributed by atoms with E-state index >= 15 is 0 Å². The van der Waals surface area contributed by atoms with Gasteiger partial charge < -0.3 is 10.1 Å². The Hall–Kier alpha value is -2.70. The molecule has 1 N–H and O–H groups in total. The molecular formula is C22H28N2O5. The molecule has 1 fully saturated rings. The van der Waals surface area contributed by atoms with Crippen LogP contribution >= 0.6 is 0 Å². The molecule has 1 aromatic rings. The largest absolute Gasteiger partial charge is 0.451 e. The van der Waals surface area contributed by atoms with Crippen LogP contribution < -0.4 is 5.32 Å². The second-order valence-corrected chi connectivity index (χ2v) is 8.13. The van der Waals surface area contributed by atoms with Crippen LogP contribution in [0.5, 0.6) is 0 Å². The van der Waals surface area contributed by atoms with Crippen LogP contribution in [0.15, 0.2) is 24.3 Å². The number of benzene rings is 1. The Labute approximate surface area is 170 Å². The Balaban J connectivity index is 1.55. The van der Waals surface area contributed by atoms with Gasteiger partial charge in [-0.15, -0.1) is 0 Å². The topological polar surface area (TPSA) is 92.8 Å². The minimum Gasteiger partial charge on any atom is -0.451 e. The fourth-order valence-corrected chi connectivity index (χ4v) is 4.06. The minimum absolute atomic E-state index is 0.0585. The Bertz CT molecular complexity index is 821. The highest BCUT2D eigenvalue weighted by atomic mass is 16.5. The summed E-state index contributed by atoms with van der Waals surface area (Å²) in [5, 5.41) is 2.97. The van der Waals surface area contributed by atoms with Crippen LogP contribution in [0.25, 0.3) is 0 Å². The molecule has 0 unspecified atom stereocenters. The van der Waals surface area contributed by atoms with E-state index in [1.807, 2.05) is 0 Å². The standard InChI is InChI=1S/C22H28N2O5/c1-13-7-6-10-18(14(13)2)23-21(27)15(3)29-20(26)12-24-19(25)11-16-8-4-5-9-17(16)22(24)28/h4-5,8-9,13-15,18H,6-7,10-12H2,1-3H3,(H,23,27)/t13-,14+,15+,18-/m0/s1. The molecule has 0 spiro atoms. The Morgan fingerprint density at radius 1 is 1.21 bits per heavy atom. The van der Waals surface area contributed by atoms with Crippen molar-refractivity contribution in [3.8, 4) is 0 Å². The third kappa shape index (κ3) is 4.66. The number of ether oxygens (including phenoxy) is 1. The molecule has 3 rings (SSSR count). The second-order valence-electron chi connectivity index (χ2n) is 8.13.